The van der Waals surface area contributed by atoms with Crippen LogP contribution in [0, 0.1) is 10.1 Å². The van der Waals surface area contributed by atoms with Crippen molar-refractivity contribution in [2.24, 2.45) is 0 Å². The summed E-state index contributed by atoms with van der Waals surface area (Å²) >= 11 is 17.8. The zero-order valence-corrected chi connectivity index (χ0v) is 13.8. The lowest BCUT2D eigenvalue weighted by atomic mass is 10.1. The summed E-state index contributed by atoms with van der Waals surface area (Å²) in [6, 6.07) is 3.93. The molecule has 22 heavy (non-hydrogen) atoms. The average Bonchev–Trinajstić information content (AvgIpc) is 2.43. The van der Waals surface area contributed by atoms with Crippen molar-refractivity contribution in [3.63, 3.8) is 0 Å². The van der Waals surface area contributed by atoms with Gasteiger partial charge in [-0.1, -0.05) is 48.7 Å². The molecular formula is C13H10Cl3N3O3. The van der Waals surface area contributed by atoms with Crippen LogP contribution in [0.15, 0.2) is 18.2 Å². The molecule has 116 valence electrons. The second-order valence-electron chi connectivity index (χ2n) is 4.68. The fraction of sp³-hybridized carbons (Fsp3) is 0.231. The van der Waals surface area contributed by atoms with Crippen LogP contribution in [0.3, 0.4) is 0 Å². The van der Waals surface area contributed by atoms with Crippen molar-refractivity contribution in [2.45, 2.75) is 19.8 Å². The first kappa shape index (κ1) is 16.7. The van der Waals surface area contributed by atoms with Gasteiger partial charge in [-0.05, 0) is 12.0 Å². The Labute approximate surface area is 141 Å². The molecule has 1 aromatic heterocycles. The topological polar surface area (TPSA) is 78.2 Å². The zero-order chi connectivity index (χ0) is 16.4. The SMILES string of the molecule is CC(C)c1cc(Cl)nnc1Oc1c(Cl)cc([N+](=O)[O-])cc1Cl. The van der Waals surface area contributed by atoms with Gasteiger partial charge in [0.2, 0.25) is 5.88 Å². The van der Waals surface area contributed by atoms with Crippen LogP contribution in [0.4, 0.5) is 5.69 Å². The van der Waals surface area contributed by atoms with Gasteiger partial charge in [-0.2, -0.15) is 0 Å². The number of halogens is 3. The molecule has 0 aliphatic heterocycles. The molecule has 6 nitrogen and oxygen atoms in total. The third-order valence-electron chi connectivity index (χ3n) is 2.77. The summed E-state index contributed by atoms with van der Waals surface area (Å²) in [7, 11) is 0. The number of hydrogen-bond donors (Lipinski definition) is 0. The second kappa shape index (κ2) is 6.64. The number of aromatic nitrogens is 2. The van der Waals surface area contributed by atoms with Crippen molar-refractivity contribution in [3.05, 3.63) is 49.1 Å². The Morgan fingerprint density at radius 1 is 1.14 bits per heavy atom. The minimum atomic E-state index is -0.594. The van der Waals surface area contributed by atoms with Gasteiger partial charge < -0.3 is 4.74 Å². The molecule has 0 fully saturated rings. The van der Waals surface area contributed by atoms with Gasteiger partial charge in [-0.25, -0.2) is 0 Å². The molecule has 0 N–H and O–H groups in total. The minimum Gasteiger partial charge on any atom is -0.434 e. The molecule has 0 saturated carbocycles. The highest BCUT2D eigenvalue weighted by molar-refractivity contribution is 6.37. The number of nitro benzene ring substituents is 1. The first-order valence-corrected chi connectivity index (χ1v) is 7.27. The Kier molecular flexibility index (Phi) is 5.05. The number of rotatable bonds is 4. The van der Waals surface area contributed by atoms with E-state index in [1.807, 2.05) is 13.8 Å². The maximum absolute atomic E-state index is 10.8. The lowest BCUT2D eigenvalue weighted by Crippen LogP contribution is -2.00. The van der Waals surface area contributed by atoms with Gasteiger partial charge in [0.25, 0.3) is 5.69 Å². The van der Waals surface area contributed by atoms with Crippen LogP contribution in [0.1, 0.15) is 25.3 Å². The van der Waals surface area contributed by atoms with E-state index in [0.717, 1.165) is 12.1 Å². The zero-order valence-electron chi connectivity index (χ0n) is 11.5. The fourth-order valence-corrected chi connectivity index (χ4v) is 2.42. The number of non-ortho nitro benzene ring substituents is 1. The summed E-state index contributed by atoms with van der Waals surface area (Å²) in [6.07, 6.45) is 0. The van der Waals surface area contributed by atoms with Crippen molar-refractivity contribution in [2.75, 3.05) is 0 Å². The van der Waals surface area contributed by atoms with E-state index in [1.165, 1.54) is 0 Å². The fourth-order valence-electron chi connectivity index (χ4n) is 1.71. The monoisotopic (exact) mass is 361 g/mol. The van der Waals surface area contributed by atoms with Gasteiger partial charge in [0.05, 0.1) is 15.0 Å². The van der Waals surface area contributed by atoms with Crippen molar-refractivity contribution in [1.29, 1.82) is 0 Å². The normalized spacial score (nSPS) is 10.8. The number of nitro groups is 1. The molecule has 1 heterocycles. The Hall–Kier alpha value is -1.63. The standard InChI is InChI=1S/C13H10Cl3N3O3/c1-6(2)8-5-11(16)17-18-13(8)22-12-9(14)3-7(19(20)21)4-10(12)15/h3-6H,1-2H3. The molecule has 0 spiro atoms. The smallest absolute Gasteiger partial charge is 0.272 e. The Morgan fingerprint density at radius 3 is 2.23 bits per heavy atom. The highest BCUT2D eigenvalue weighted by Gasteiger charge is 2.19. The van der Waals surface area contributed by atoms with Crippen molar-refractivity contribution in [3.8, 4) is 11.6 Å². The van der Waals surface area contributed by atoms with E-state index in [0.29, 0.717) is 5.56 Å². The predicted molar refractivity (Wildman–Crippen MR) is 84.3 cm³/mol. The van der Waals surface area contributed by atoms with Gasteiger partial charge in [0, 0.05) is 17.7 Å². The molecule has 0 aliphatic rings. The van der Waals surface area contributed by atoms with Gasteiger partial charge in [0.1, 0.15) is 0 Å². The van der Waals surface area contributed by atoms with Crippen LogP contribution in [0.5, 0.6) is 11.6 Å². The summed E-state index contributed by atoms with van der Waals surface area (Å²) in [5.41, 5.74) is 0.485. The lowest BCUT2D eigenvalue weighted by molar-refractivity contribution is -0.384. The van der Waals surface area contributed by atoms with Gasteiger partial charge in [-0.3, -0.25) is 10.1 Å². The highest BCUT2D eigenvalue weighted by Crippen LogP contribution is 2.40. The summed E-state index contributed by atoms with van der Waals surface area (Å²) in [4.78, 5) is 10.2. The summed E-state index contributed by atoms with van der Waals surface area (Å²) in [5.74, 6) is 0.336. The molecule has 0 saturated heterocycles. The quantitative estimate of drug-likeness (QED) is 0.547. The molecule has 9 heteroatoms. The van der Waals surface area contributed by atoms with E-state index >= 15 is 0 Å². The van der Waals surface area contributed by atoms with E-state index < -0.39 is 4.92 Å². The number of nitrogens with zero attached hydrogens (tertiary/aromatic N) is 3. The molecule has 0 bridgehead atoms. The molecule has 0 aliphatic carbocycles. The second-order valence-corrected chi connectivity index (χ2v) is 5.88. The van der Waals surface area contributed by atoms with Crippen LogP contribution in [0.25, 0.3) is 0 Å². The highest BCUT2D eigenvalue weighted by atomic mass is 35.5. The van der Waals surface area contributed by atoms with E-state index in [9.17, 15) is 10.1 Å². The van der Waals surface area contributed by atoms with Crippen molar-refractivity contribution >= 4 is 40.5 Å². The Morgan fingerprint density at radius 2 is 1.73 bits per heavy atom. The molecule has 1 aromatic carbocycles. The maximum atomic E-state index is 10.8. The van der Waals surface area contributed by atoms with Gasteiger partial charge in [0.15, 0.2) is 10.9 Å². The first-order chi connectivity index (χ1) is 10.3. The number of hydrogen-bond acceptors (Lipinski definition) is 5. The van der Waals surface area contributed by atoms with E-state index in [-0.39, 0.29) is 38.4 Å². The molecule has 0 amide bonds. The summed E-state index contributed by atoms with van der Waals surface area (Å²) < 4.78 is 5.60. The molecule has 0 atom stereocenters. The van der Waals surface area contributed by atoms with Crippen LogP contribution in [-0.2, 0) is 0 Å². The van der Waals surface area contributed by atoms with Crippen LogP contribution in [0.2, 0.25) is 15.2 Å². The van der Waals surface area contributed by atoms with Crippen LogP contribution < -0.4 is 4.74 Å². The van der Waals surface area contributed by atoms with E-state index in [4.69, 9.17) is 39.5 Å². The molecule has 2 rings (SSSR count). The van der Waals surface area contributed by atoms with Gasteiger partial charge in [-0.15, -0.1) is 10.2 Å². The third kappa shape index (κ3) is 3.58. The lowest BCUT2D eigenvalue weighted by Gasteiger charge is -2.13. The number of benzene rings is 1. The molecule has 0 radical (unpaired) electrons. The third-order valence-corrected chi connectivity index (χ3v) is 3.52. The first-order valence-electron chi connectivity index (χ1n) is 6.14. The van der Waals surface area contributed by atoms with Gasteiger partial charge >= 0.3 is 0 Å². The Balaban J connectivity index is 2.46. The number of ether oxygens (including phenoxy) is 1. The average molecular weight is 363 g/mol. The minimum absolute atomic E-state index is 0.00524. The largest absolute Gasteiger partial charge is 0.434 e. The summed E-state index contributed by atoms with van der Waals surface area (Å²) in [5, 5.41) is 18.6. The maximum Gasteiger partial charge on any atom is 0.272 e. The summed E-state index contributed by atoms with van der Waals surface area (Å²) in [6.45, 7) is 3.86. The predicted octanol–water partition coefficient (Wildman–Crippen LogP) is 5.26. The van der Waals surface area contributed by atoms with Crippen molar-refractivity contribution in [1.82, 2.24) is 10.2 Å². The van der Waals surface area contributed by atoms with Crippen LogP contribution >= 0.6 is 34.8 Å². The Bertz CT molecular complexity index is 715. The molecule has 0 unspecified atom stereocenters. The molecule has 2 aromatic rings. The van der Waals surface area contributed by atoms with Crippen molar-refractivity contribution < 1.29 is 9.66 Å². The van der Waals surface area contributed by atoms with E-state index in [2.05, 4.69) is 10.2 Å². The van der Waals surface area contributed by atoms with Crippen LogP contribution in [-0.4, -0.2) is 15.1 Å². The van der Waals surface area contributed by atoms with E-state index in [1.54, 1.807) is 6.07 Å². The molecular weight excluding hydrogens is 353 g/mol.